The zero-order chi connectivity index (χ0) is 16.9. The molecule has 0 rings (SSSR count). The molecule has 1 unspecified atom stereocenters. The van der Waals surface area contributed by atoms with Gasteiger partial charge in [-0.1, -0.05) is 20.8 Å². The van der Waals surface area contributed by atoms with Crippen molar-refractivity contribution in [1.82, 2.24) is 0 Å². The first-order valence-corrected chi connectivity index (χ1v) is 12.0. The van der Waals surface area contributed by atoms with E-state index in [2.05, 4.69) is 38.6 Å². The van der Waals surface area contributed by atoms with Crippen LogP contribution in [-0.2, 0) is 23.8 Å². The molecule has 0 aliphatic carbocycles. The fourth-order valence-electron chi connectivity index (χ4n) is 1.39. The van der Waals surface area contributed by atoms with E-state index in [4.69, 9.17) is 4.43 Å². The molecule has 0 radical (unpaired) electrons. The van der Waals surface area contributed by atoms with Gasteiger partial charge in [0, 0.05) is 6.61 Å². The molecule has 0 aromatic carbocycles. The lowest BCUT2D eigenvalue weighted by molar-refractivity contribution is -0.139. The molecule has 21 heavy (non-hydrogen) atoms. The van der Waals surface area contributed by atoms with Gasteiger partial charge < -0.3 is 9.16 Å². The fraction of sp³-hybridized carbons (Fsp3) is 0.929. The molecule has 0 aromatic rings. The Morgan fingerprint density at radius 1 is 1.24 bits per heavy atom. The van der Waals surface area contributed by atoms with Crippen LogP contribution in [0.15, 0.2) is 0 Å². The summed E-state index contributed by atoms with van der Waals surface area (Å²) in [6, 6.07) is 0. The van der Waals surface area contributed by atoms with Crippen LogP contribution in [0.5, 0.6) is 0 Å². The van der Waals surface area contributed by atoms with E-state index in [-0.39, 0.29) is 11.6 Å². The van der Waals surface area contributed by atoms with E-state index in [9.17, 15) is 13.2 Å². The highest BCUT2D eigenvalue weighted by Gasteiger charge is 2.37. The number of carbonyl (C=O) groups is 1. The third-order valence-electron chi connectivity index (χ3n) is 4.03. The van der Waals surface area contributed by atoms with Gasteiger partial charge in [-0.3, -0.25) is 4.79 Å². The molecule has 126 valence electrons. The number of hydrogen-bond acceptors (Lipinski definition) is 5. The third kappa shape index (κ3) is 6.93. The van der Waals surface area contributed by atoms with Gasteiger partial charge in [0.2, 0.25) is 0 Å². The van der Waals surface area contributed by atoms with E-state index < -0.39 is 35.1 Å². The minimum absolute atomic E-state index is 0.0973. The van der Waals surface area contributed by atoms with Crippen molar-refractivity contribution in [3.05, 3.63) is 0 Å². The summed E-state index contributed by atoms with van der Waals surface area (Å²) in [6.45, 7) is 14.5. The summed E-state index contributed by atoms with van der Waals surface area (Å²) >= 11 is 0. The third-order valence-corrected chi connectivity index (χ3v) is 10.7. The van der Waals surface area contributed by atoms with Gasteiger partial charge >= 0.3 is 5.97 Å². The van der Waals surface area contributed by atoms with Gasteiger partial charge in [-0.15, -0.1) is 0 Å². The van der Waals surface area contributed by atoms with E-state index >= 15 is 0 Å². The maximum absolute atomic E-state index is 12.0. The van der Waals surface area contributed by atoms with Crippen LogP contribution in [0, 0.1) is 0 Å². The van der Waals surface area contributed by atoms with Crippen molar-refractivity contribution < 1.29 is 22.4 Å². The van der Waals surface area contributed by atoms with Gasteiger partial charge in [-0.25, -0.2) is 8.42 Å². The zero-order valence-corrected chi connectivity index (χ0v) is 16.2. The average molecular weight is 339 g/mol. The highest BCUT2D eigenvalue weighted by molar-refractivity contribution is 7.92. The molecule has 0 fully saturated rings. The summed E-state index contributed by atoms with van der Waals surface area (Å²) in [4.78, 5) is 11.3. The molecule has 0 aliphatic rings. The molecule has 0 saturated carbocycles. The Kier molecular flexibility index (Phi) is 7.59. The first-order valence-electron chi connectivity index (χ1n) is 7.34. The first kappa shape index (κ1) is 20.6. The number of ether oxygens (including phenoxy) is 1. The van der Waals surface area contributed by atoms with Crippen molar-refractivity contribution >= 4 is 24.1 Å². The number of hydrogen-bond donors (Lipinski definition) is 0. The van der Waals surface area contributed by atoms with Crippen molar-refractivity contribution in [2.75, 3.05) is 19.0 Å². The number of sulfone groups is 1. The Bertz CT molecular complexity index is 437. The van der Waals surface area contributed by atoms with Gasteiger partial charge in [0.05, 0.1) is 11.9 Å². The second kappa shape index (κ2) is 7.74. The molecule has 0 aliphatic heterocycles. The Labute approximate surface area is 130 Å². The summed E-state index contributed by atoms with van der Waals surface area (Å²) in [5.74, 6) is -1.24. The normalized spacial score (nSPS) is 14.8. The lowest BCUT2D eigenvalue weighted by Gasteiger charge is -2.36. The topological polar surface area (TPSA) is 69.7 Å². The molecule has 0 N–H and O–H groups in total. The van der Waals surface area contributed by atoms with Crippen molar-refractivity contribution in [2.45, 2.75) is 64.4 Å². The van der Waals surface area contributed by atoms with Crippen LogP contribution in [0.3, 0.4) is 0 Å². The van der Waals surface area contributed by atoms with Crippen molar-refractivity contribution in [1.29, 1.82) is 0 Å². The summed E-state index contributed by atoms with van der Waals surface area (Å²) in [6.07, 6.45) is 0.397. The van der Waals surface area contributed by atoms with Crippen LogP contribution in [0.2, 0.25) is 18.1 Å². The minimum atomic E-state index is -3.47. The van der Waals surface area contributed by atoms with Crippen LogP contribution < -0.4 is 0 Å². The Morgan fingerprint density at radius 2 is 1.76 bits per heavy atom. The predicted octanol–water partition coefficient (Wildman–Crippen LogP) is 2.76. The maximum atomic E-state index is 12.0. The Balaban J connectivity index is 4.44. The molecular weight excluding hydrogens is 308 g/mol. The number of rotatable bonds is 8. The van der Waals surface area contributed by atoms with Crippen LogP contribution in [0.1, 0.15) is 41.0 Å². The van der Waals surface area contributed by atoms with Crippen molar-refractivity contribution in [2.24, 2.45) is 0 Å². The molecule has 0 aromatic heterocycles. The standard InChI is InChI=1S/C14H30O5SSi/c1-8-18-13(15)11-20(16,17)12(2)9-10-19-21(6,7)14(3,4)5/h12H,8-11H2,1-7H3. The van der Waals surface area contributed by atoms with Gasteiger partial charge in [0.1, 0.15) is 5.75 Å². The number of carbonyl (C=O) groups excluding carboxylic acids is 1. The quantitative estimate of drug-likeness (QED) is 0.503. The predicted molar refractivity (Wildman–Crippen MR) is 87.6 cm³/mol. The maximum Gasteiger partial charge on any atom is 0.321 e. The molecule has 0 bridgehead atoms. The smallest absolute Gasteiger partial charge is 0.321 e. The second-order valence-electron chi connectivity index (χ2n) is 6.82. The number of esters is 1. The fourth-order valence-corrected chi connectivity index (χ4v) is 3.60. The van der Waals surface area contributed by atoms with Gasteiger partial charge in [-0.2, -0.15) is 0 Å². The minimum Gasteiger partial charge on any atom is -0.465 e. The van der Waals surface area contributed by atoms with E-state index in [0.717, 1.165) is 0 Å². The summed E-state index contributed by atoms with van der Waals surface area (Å²) < 4.78 is 34.7. The molecule has 0 amide bonds. The monoisotopic (exact) mass is 338 g/mol. The van der Waals surface area contributed by atoms with Crippen LogP contribution in [-0.4, -0.2) is 46.9 Å². The summed E-state index contributed by atoms with van der Waals surface area (Å²) in [7, 11) is -5.34. The highest BCUT2D eigenvalue weighted by Crippen LogP contribution is 2.36. The molecule has 0 saturated heterocycles. The van der Waals surface area contributed by atoms with Gasteiger partial charge in [0.15, 0.2) is 18.2 Å². The molecule has 7 heteroatoms. The van der Waals surface area contributed by atoms with Crippen molar-refractivity contribution in [3.8, 4) is 0 Å². The molecule has 0 heterocycles. The zero-order valence-electron chi connectivity index (χ0n) is 14.4. The van der Waals surface area contributed by atoms with Gasteiger partial charge in [0.25, 0.3) is 0 Å². The SMILES string of the molecule is CCOC(=O)CS(=O)(=O)C(C)CCO[Si](C)(C)C(C)(C)C. The van der Waals surface area contributed by atoms with E-state index in [0.29, 0.717) is 13.0 Å². The molecular formula is C14H30O5SSi. The van der Waals surface area contributed by atoms with E-state index in [1.54, 1.807) is 13.8 Å². The summed E-state index contributed by atoms with van der Waals surface area (Å²) in [5, 5.41) is -0.508. The highest BCUT2D eigenvalue weighted by atomic mass is 32.2. The molecule has 1 atom stereocenters. The van der Waals surface area contributed by atoms with E-state index in [1.165, 1.54) is 0 Å². The Morgan fingerprint density at radius 3 is 2.19 bits per heavy atom. The van der Waals surface area contributed by atoms with Crippen LogP contribution >= 0.6 is 0 Å². The molecule has 0 spiro atoms. The second-order valence-corrected chi connectivity index (χ2v) is 14.0. The van der Waals surface area contributed by atoms with Crippen LogP contribution in [0.25, 0.3) is 0 Å². The first-order chi connectivity index (χ1) is 9.33. The van der Waals surface area contributed by atoms with Crippen LogP contribution in [0.4, 0.5) is 0 Å². The van der Waals surface area contributed by atoms with Crippen molar-refractivity contribution in [3.63, 3.8) is 0 Å². The lowest BCUT2D eigenvalue weighted by atomic mass is 10.2. The van der Waals surface area contributed by atoms with E-state index in [1.807, 2.05) is 0 Å². The summed E-state index contributed by atoms with van der Waals surface area (Å²) in [5.41, 5.74) is 0. The molecule has 5 nitrogen and oxygen atoms in total. The van der Waals surface area contributed by atoms with Gasteiger partial charge in [-0.05, 0) is 38.4 Å². The largest absolute Gasteiger partial charge is 0.465 e. The lowest BCUT2D eigenvalue weighted by Crippen LogP contribution is -2.41. The Hall–Kier alpha value is -0.403. The average Bonchev–Trinajstić information content (AvgIpc) is 2.26.